The average molecular weight is 287 g/mol. The van der Waals surface area contributed by atoms with Gasteiger partial charge in [0.05, 0.1) is 0 Å². The molecule has 9 heteroatoms. The molecule has 3 amide bonds. The van der Waals surface area contributed by atoms with Gasteiger partial charge >= 0.3 is 18.0 Å². The van der Waals surface area contributed by atoms with E-state index in [1.165, 1.54) is 11.8 Å². The molecule has 20 heavy (non-hydrogen) atoms. The van der Waals surface area contributed by atoms with Crippen LogP contribution in [0.4, 0.5) is 4.79 Å². The Balaban J connectivity index is 2.63. The third kappa shape index (κ3) is 4.75. The summed E-state index contributed by atoms with van der Waals surface area (Å²) < 4.78 is 0. The lowest BCUT2D eigenvalue weighted by molar-refractivity contribution is -0.140. The number of hydrogen-bond acceptors (Lipinski definition) is 4. The Morgan fingerprint density at radius 1 is 1.20 bits per heavy atom. The van der Waals surface area contributed by atoms with Crippen LogP contribution in [0, 0.1) is 0 Å². The van der Waals surface area contributed by atoms with Crippen LogP contribution in [0.1, 0.15) is 13.3 Å². The summed E-state index contributed by atoms with van der Waals surface area (Å²) in [7, 11) is 0. The standard InChI is InChI=1S/C11H17N3O6/c1-7(15)12-8-2-3-13(4-8)11(20)14(5-9(16)17)6-10(18)19/h8H,2-6H2,1H3,(H,12,15)(H,16,17)(H,18,19). The zero-order valence-corrected chi connectivity index (χ0v) is 11.0. The van der Waals surface area contributed by atoms with Crippen molar-refractivity contribution >= 4 is 23.9 Å². The number of likely N-dealkylation sites (tertiary alicyclic amines) is 1. The van der Waals surface area contributed by atoms with Gasteiger partial charge in [0.15, 0.2) is 0 Å². The molecule has 0 aromatic carbocycles. The number of carboxylic acids is 2. The van der Waals surface area contributed by atoms with Gasteiger partial charge in [0.2, 0.25) is 5.91 Å². The number of aliphatic carboxylic acids is 2. The van der Waals surface area contributed by atoms with E-state index < -0.39 is 31.1 Å². The summed E-state index contributed by atoms with van der Waals surface area (Å²) in [5.74, 6) is -2.77. The van der Waals surface area contributed by atoms with E-state index in [1.807, 2.05) is 0 Å². The molecule has 9 nitrogen and oxygen atoms in total. The van der Waals surface area contributed by atoms with Crippen LogP contribution < -0.4 is 5.32 Å². The zero-order valence-electron chi connectivity index (χ0n) is 11.0. The molecule has 0 bridgehead atoms. The van der Waals surface area contributed by atoms with Gasteiger partial charge in [-0.3, -0.25) is 14.4 Å². The highest BCUT2D eigenvalue weighted by molar-refractivity contribution is 5.84. The summed E-state index contributed by atoms with van der Waals surface area (Å²) in [6, 6.07) is -0.837. The van der Waals surface area contributed by atoms with Crippen LogP contribution in [-0.2, 0) is 14.4 Å². The maximum absolute atomic E-state index is 12.1. The topological polar surface area (TPSA) is 127 Å². The molecule has 1 saturated heterocycles. The molecule has 0 aromatic rings. The monoisotopic (exact) mass is 287 g/mol. The molecule has 1 aliphatic rings. The number of carboxylic acid groups (broad SMARTS) is 2. The SMILES string of the molecule is CC(=O)NC1CCN(C(=O)N(CC(=O)O)CC(=O)O)C1. The van der Waals surface area contributed by atoms with Gasteiger partial charge in [0.25, 0.3) is 0 Å². The smallest absolute Gasteiger partial charge is 0.323 e. The Morgan fingerprint density at radius 2 is 1.75 bits per heavy atom. The van der Waals surface area contributed by atoms with Crippen LogP contribution >= 0.6 is 0 Å². The number of urea groups is 1. The number of hydrogen-bond donors (Lipinski definition) is 3. The molecule has 0 aliphatic carbocycles. The minimum absolute atomic E-state index is 0.187. The first kappa shape index (κ1) is 15.7. The number of carbonyl (C=O) groups is 4. The largest absolute Gasteiger partial charge is 0.480 e. The maximum Gasteiger partial charge on any atom is 0.323 e. The number of amides is 3. The lowest BCUT2D eigenvalue weighted by Crippen LogP contribution is -2.47. The highest BCUT2D eigenvalue weighted by atomic mass is 16.4. The third-order valence-corrected chi connectivity index (χ3v) is 2.79. The Labute approximate surface area is 115 Å². The number of nitrogens with one attached hydrogen (secondary N) is 1. The van der Waals surface area contributed by atoms with Gasteiger partial charge in [0, 0.05) is 26.1 Å². The molecule has 0 saturated carbocycles. The predicted molar refractivity (Wildman–Crippen MR) is 66.0 cm³/mol. The number of carbonyl (C=O) groups excluding carboxylic acids is 2. The zero-order chi connectivity index (χ0) is 15.3. The summed E-state index contributed by atoms with van der Waals surface area (Å²) in [4.78, 5) is 46.4. The van der Waals surface area contributed by atoms with Crippen LogP contribution in [0.2, 0.25) is 0 Å². The second kappa shape index (κ2) is 6.73. The molecule has 1 unspecified atom stereocenters. The van der Waals surface area contributed by atoms with Gasteiger partial charge in [-0.25, -0.2) is 4.79 Å². The van der Waals surface area contributed by atoms with Crippen molar-refractivity contribution in [2.45, 2.75) is 19.4 Å². The minimum atomic E-state index is -1.28. The van der Waals surface area contributed by atoms with E-state index in [0.717, 1.165) is 4.90 Å². The Morgan fingerprint density at radius 3 is 2.20 bits per heavy atom. The molecule has 0 aromatic heterocycles. The van der Waals surface area contributed by atoms with Crippen molar-refractivity contribution in [3.05, 3.63) is 0 Å². The van der Waals surface area contributed by atoms with Gasteiger partial charge in [0.1, 0.15) is 13.1 Å². The lowest BCUT2D eigenvalue weighted by Gasteiger charge is -2.25. The molecule has 1 atom stereocenters. The Kier molecular flexibility index (Phi) is 5.30. The van der Waals surface area contributed by atoms with E-state index in [0.29, 0.717) is 13.0 Å². The molecule has 0 spiro atoms. The van der Waals surface area contributed by atoms with E-state index in [1.54, 1.807) is 0 Å². The van der Waals surface area contributed by atoms with Crippen LogP contribution in [0.25, 0.3) is 0 Å². The fraction of sp³-hybridized carbons (Fsp3) is 0.636. The molecular weight excluding hydrogens is 270 g/mol. The highest BCUT2D eigenvalue weighted by Gasteiger charge is 2.31. The summed E-state index contributed by atoms with van der Waals surface area (Å²) in [5.41, 5.74) is 0. The molecule has 1 fully saturated rings. The quantitative estimate of drug-likeness (QED) is 0.582. The van der Waals surface area contributed by atoms with E-state index in [2.05, 4.69) is 5.32 Å². The van der Waals surface area contributed by atoms with Crippen LogP contribution in [0.15, 0.2) is 0 Å². The van der Waals surface area contributed by atoms with Crippen molar-refractivity contribution < 1.29 is 29.4 Å². The summed E-state index contributed by atoms with van der Waals surface area (Å²) in [6.07, 6.45) is 0.555. The fourth-order valence-corrected chi connectivity index (χ4v) is 2.06. The molecule has 3 N–H and O–H groups in total. The molecule has 1 aliphatic heterocycles. The third-order valence-electron chi connectivity index (χ3n) is 2.79. The van der Waals surface area contributed by atoms with E-state index in [9.17, 15) is 19.2 Å². The Bertz CT molecular complexity index is 408. The van der Waals surface area contributed by atoms with E-state index >= 15 is 0 Å². The first-order valence-corrected chi connectivity index (χ1v) is 6.04. The maximum atomic E-state index is 12.1. The summed E-state index contributed by atoms with van der Waals surface area (Å²) >= 11 is 0. The van der Waals surface area contributed by atoms with Crippen molar-refractivity contribution in [2.75, 3.05) is 26.2 Å². The van der Waals surface area contributed by atoms with Crippen molar-refractivity contribution in [2.24, 2.45) is 0 Å². The van der Waals surface area contributed by atoms with Gasteiger partial charge < -0.3 is 25.3 Å². The van der Waals surface area contributed by atoms with Crippen LogP contribution in [-0.4, -0.2) is 76.1 Å². The summed E-state index contributed by atoms with van der Waals surface area (Å²) in [6.45, 7) is 0.609. The summed E-state index contributed by atoms with van der Waals surface area (Å²) in [5, 5.41) is 20.1. The first-order valence-electron chi connectivity index (χ1n) is 6.04. The van der Waals surface area contributed by atoms with Crippen molar-refractivity contribution in [1.29, 1.82) is 0 Å². The fourth-order valence-electron chi connectivity index (χ4n) is 2.06. The first-order chi connectivity index (χ1) is 9.29. The number of nitrogens with zero attached hydrogens (tertiary/aromatic N) is 2. The molecular formula is C11H17N3O6. The van der Waals surface area contributed by atoms with Crippen molar-refractivity contribution in [3.63, 3.8) is 0 Å². The highest BCUT2D eigenvalue weighted by Crippen LogP contribution is 2.12. The van der Waals surface area contributed by atoms with E-state index in [-0.39, 0.29) is 18.5 Å². The van der Waals surface area contributed by atoms with Crippen LogP contribution in [0.3, 0.4) is 0 Å². The van der Waals surface area contributed by atoms with E-state index in [4.69, 9.17) is 10.2 Å². The van der Waals surface area contributed by atoms with Gasteiger partial charge in [-0.1, -0.05) is 0 Å². The molecule has 0 radical (unpaired) electrons. The van der Waals surface area contributed by atoms with Crippen LogP contribution in [0.5, 0.6) is 0 Å². The van der Waals surface area contributed by atoms with Crippen molar-refractivity contribution in [1.82, 2.24) is 15.1 Å². The minimum Gasteiger partial charge on any atom is -0.480 e. The number of rotatable bonds is 5. The molecule has 112 valence electrons. The second-order valence-electron chi connectivity index (χ2n) is 4.56. The molecule has 1 heterocycles. The second-order valence-corrected chi connectivity index (χ2v) is 4.56. The molecule has 1 rings (SSSR count). The van der Waals surface area contributed by atoms with Gasteiger partial charge in [-0.2, -0.15) is 0 Å². The lowest BCUT2D eigenvalue weighted by atomic mass is 10.3. The van der Waals surface area contributed by atoms with Gasteiger partial charge in [-0.05, 0) is 6.42 Å². The normalized spacial score (nSPS) is 17.6. The Hall–Kier alpha value is -2.32. The predicted octanol–water partition coefficient (Wildman–Crippen LogP) is -1.21. The van der Waals surface area contributed by atoms with Crippen molar-refractivity contribution in [3.8, 4) is 0 Å². The average Bonchev–Trinajstić information content (AvgIpc) is 2.73. The van der Waals surface area contributed by atoms with Gasteiger partial charge in [-0.15, -0.1) is 0 Å².